The highest BCUT2D eigenvalue weighted by Gasteiger charge is 2.36. The van der Waals surface area contributed by atoms with Crippen molar-refractivity contribution in [2.75, 3.05) is 6.54 Å². The molecule has 2 atom stereocenters. The van der Waals surface area contributed by atoms with Gasteiger partial charge in [-0.05, 0) is 44.0 Å². The van der Waals surface area contributed by atoms with Crippen LogP contribution in [0.3, 0.4) is 0 Å². The summed E-state index contributed by atoms with van der Waals surface area (Å²) < 4.78 is 12.9. The molecule has 5 N–H and O–H groups in total. The molecule has 2 heterocycles. The molecule has 1 aliphatic heterocycles. The number of hydrogen-bond acceptors (Lipinski definition) is 6. The molecule has 1 aliphatic rings. The van der Waals surface area contributed by atoms with Gasteiger partial charge in [-0.1, -0.05) is 12.1 Å². The predicted molar refractivity (Wildman–Crippen MR) is 94.7 cm³/mol. The van der Waals surface area contributed by atoms with Crippen LogP contribution in [0.5, 0.6) is 5.75 Å². The Morgan fingerprint density at radius 2 is 2.11 bits per heavy atom. The number of carbonyl (C=O) groups is 1. The molecule has 0 radical (unpaired) electrons. The highest BCUT2D eigenvalue weighted by molar-refractivity contribution is 5.94. The van der Waals surface area contributed by atoms with E-state index in [0.29, 0.717) is 24.9 Å². The molecule has 0 aliphatic carbocycles. The maximum absolute atomic E-state index is 12.9. The van der Waals surface area contributed by atoms with Crippen molar-refractivity contribution in [1.29, 1.82) is 0 Å². The van der Waals surface area contributed by atoms with Crippen LogP contribution in [0.25, 0.3) is 0 Å². The van der Waals surface area contributed by atoms with Gasteiger partial charge in [-0.3, -0.25) is 9.59 Å². The highest BCUT2D eigenvalue weighted by Crippen LogP contribution is 2.28. The summed E-state index contributed by atoms with van der Waals surface area (Å²) in [6.07, 6.45) is 0.311. The first-order valence-electron chi connectivity index (χ1n) is 8.58. The second-order valence-electron chi connectivity index (χ2n) is 6.83. The third-order valence-corrected chi connectivity index (χ3v) is 4.64. The molecule has 8 nitrogen and oxygen atoms in total. The van der Waals surface area contributed by atoms with E-state index in [1.807, 2.05) is 0 Å². The SMILES string of the molecule is C[C@@]1(c2nc(C(=O)NCc3ccc(F)cc3)c(O)c(=O)[nH]2)C[C@H](O)CCN1. The van der Waals surface area contributed by atoms with Crippen molar-refractivity contribution >= 4 is 5.91 Å². The number of piperidine rings is 1. The number of nitrogens with one attached hydrogen (secondary N) is 3. The first kappa shape index (κ1) is 19.0. The van der Waals surface area contributed by atoms with Gasteiger partial charge < -0.3 is 25.8 Å². The number of nitrogens with zero attached hydrogens (tertiary/aromatic N) is 1. The average Bonchev–Trinajstić information content (AvgIpc) is 2.63. The van der Waals surface area contributed by atoms with Gasteiger partial charge in [0, 0.05) is 6.54 Å². The third kappa shape index (κ3) is 4.15. The van der Waals surface area contributed by atoms with Crippen LogP contribution in [0, 0.1) is 5.82 Å². The average molecular weight is 376 g/mol. The van der Waals surface area contributed by atoms with Crippen LogP contribution in [-0.2, 0) is 12.1 Å². The fraction of sp³-hybridized carbons (Fsp3) is 0.389. The largest absolute Gasteiger partial charge is 0.501 e. The minimum atomic E-state index is -0.838. The summed E-state index contributed by atoms with van der Waals surface area (Å²) in [6, 6.07) is 5.56. The fourth-order valence-electron chi connectivity index (χ4n) is 3.10. The molecule has 2 aromatic rings. The Morgan fingerprint density at radius 3 is 2.78 bits per heavy atom. The summed E-state index contributed by atoms with van der Waals surface area (Å²) in [4.78, 5) is 31.1. The molecular weight excluding hydrogens is 355 g/mol. The van der Waals surface area contributed by atoms with Crippen molar-refractivity contribution in [2.24, 2.45) is 0 Å². The Morgan fingerprint density at radius 1 is 1.41 bits per heavy atom. The van der Waals surface area contributed by atoms with Crippen molar-refractivity contribution in [2.45, 2.75) is 38.0 Å². The number of aliphatic hydroxyl groups is 1. The maximum Gasteiger partial charge on any atom is 0.293 e. The van der Waals surface area contributed by atoms with Crippen LogP contribution in [0.4, 0.5) is 4.39 Å². The van der Waals surface area contributed by atoms with E-state index < -0.39 is 34.6 Å². The van der Waals surface area contributed by atoms with E-state index in [2.05, 4.69) is 20.6 Å². The first-order chi connectivity index (χ1) is 12.8. The van der Waals surface area contributed by atoms with Crippen molar-refractivity contribution in [1.82, 2.24) is 20.6 Å². The van der Waals surface area contributed by atoms with Crippen molar-refractivity contribution in [3.63, 3.8) is 0 Å². The van der Waals surface area contributed by atoms with Crippen molar-refractivity contribution in [3.8, 4) is 5.75 Å². The van der Waals surface area contributed by atoms with Gasteiger partial charge in [0.25, 0.3) is 11.5 Å². The van der Waals surface area contributed by atoms with Crippen LogP contribution >= 0.6 is 0 Å². The van der Waals surface area contributed by atoms with Crippen LogP contribution in [0.1, 0.15) is 41.6 Å². The van der Waals surface area contributed by atoms with Crippen LogP contribution in [0.15, 0.2) is 29.1 Å². The number of carbonyl (C=O) groups excluding carboxylic acids is 1. The normalized spacial score (nSPS) is 22.4. The Bertz CT molecular complexity index is 899. The standard InChI is InChI=1S/C18H21FN4O4/c1-18(8-12(24)6-7-21-18)17-22-13(14(25)16(27)23-17)15(26)20-9-10-2-4-11(19)5-3-10/h2-5,12,21,24-25H,6-9H2,1H3,(H,20,26)(H,22,23,27)/t12-,18+/m1/s1. The molecule has 0 unspecified atom stereocenters. The van der Waals surface area contributed by atoms with Gasteiger partial charge in [0.15, 0.2) is 5.69 Å². The van der Waals surface area contributed by atoms with E-state index in [4.69, 9.17) is 0 Å². The Balaban J connectivity index is 1.84. The molecule has 3 rings (SSSR count). The van der Waals surface area contributed by atoms with Crippen LogP contribution < -0.4 is 16.2 Å². The van der Waals surface area contributed by atoms with Crippen LogP contribution in [0.2, 0.25) is 0 Å². The van der Waals surface area contributed by atoms with E-state index in [0.717, 1.165) is 0 Å². The molecule has 1 saturated heterocycles. The summed E-state index contributed by atoms with van der Waals surface area (Å²) in [7, 11) is 0. The zero-order valence-corrected chi connectivity index (χ0v) is 14.8. The molecular formula is C18H21FN4O4. The molecule has 0 spiro atoms. The van der Waals surface area contributed by atoms with Crippen molar-refractivity contribution < 1.29 is 19.4 Å². The number of amides is 1. The zero-order chi connectivity index (χ0) is 19.6. The lowest BCUT2D eigenvalue weighted by Gasteiger charge is -2.36. The molecule has 144 valence electrons. The van der Waals surface area contributed by atoms with Gasteiger partial charge in [0.05, 0.1) is 11.6 Å². The Labute approximate surface area is 154 Å². The van der Waals surface area contributed by atoms with Gasteiger partial charge in [-0.25, -0.2) is 9.37 Å². The smallest absolute Gasteiger partial charge is 0.293 e. The molecule has 0 bridgehead atoms. The summed E-state index contributed by atoms with van der Waals surface area (Å²) in [5.41, 5.74) is -1.43. The lowest BCUT2D eigenvalue weighted by molar-refractivity contribution is 0.0794. The number of halogens is 1. The summed E-state index contributed by atoms with van der Waals surface area (Å²) in [5, 5.41) is 25.6. The van der Waals surface area contributed by atoms with E-state index in [1.54, 1.807) is 6.92 Å². The molecule has 27 heavy (non-hydrogen) atoms. The zero-order valence-electron chi connectivity index (χ0n) is 14.8. The van der Waals surface area contributed by atoms with E-state index in [1.165, 1.54) is 24.3 Å². The number of aromatic amines is 1. The van der Waals surface area contributed by atoms with Gasteiger partial charge in [-0.15, -0.1) is 0 Å². The quantitative estimate of drug-likeness (QED) is 0.529. The van der Waals surface area contributed by atoms with Gasteiger partial charge in [-0.2, -0.15) is 0 Å². The molecule has 1 aromatic carbocycles. The predicted octanol–water partition coefficient (Wildman–Crippen LogP) is 0.504. The Kier molecular flexibility index (Phi) is 5.24. The molecule has 1 fully saturated rings. The number of aromatic nitrogens is 2. The number of H-pyrrole nitrogens is 1. The summed E-state index contributed by atoms with van der Waals surface area (Å²) >= 11 is 0. The van der Waals surface area contributed by atoms with Crippen LogP contribution in [-0.4, -0.2) is 38.7 Å². The topological polar surface area (TPSA) is 127 Å². The first-order valence-corrected chi connectivity index (χ1v) is 8.58. The number of aromatic hydroxyl groups is 1. The van der Waals surface area contributed by atoms with Gasteiger partial charge in [0.2, 0.25) is 5.75 Å². The number of benzene rings is 1. The van der Waals surface area contributed by atoms with E-state index in [9.17, 15) is 24.2 Å². The van der Waals surface area contributed by atoms with E-state index >= 15 is 0 Å². The number of rotatable bonds is 4. The second kappa shape index (κ2) is 7.45. The molecule has 1 amide bonds. The molecule has 0 saturated carbocycles. The minimum absolute atomic E-state index is 0.0800. The van der Waals surface area contributed by atoms with Gasteiger partial charge in [0.1, 0.15) is 11.6 Å². The molecule has 9 heteroatoms. The summed E-state index contributed by atoms with van der Waals surface area (Å²) in [6.45, 7) is 2.36. The lowest BCUT2D eigenvalue weighted by atomic mass is 9.88. The highest BCUT2D eigenvalue weighted by atomic mass is 19.1. The van der Waals surface area contributed by atoms with E-state index in [-0.39, 0.29) is 18.2 Å². The fourth-order valence-corrected chi connectivity index (χ4v) is 3.10. The van der Waals surface area contributed by atoms with Gasteiger partial charge >= 0.3 is 0 Å². The number of aliphatic hydroxyl groups excluding tert-OH is 1. The Hall–Kier alpha value is -2.78. The summed E-state index contributed by atoms with van der Waals surface area (Å²) in [5.74, 6) is -1.74. The number of hydrogen-bond donors (Lipinski definition) is 5. The maximum atomic E-state index is 12.9. The minimum Gasteiger partial charge on any atom is -0.501 e. The lowest BCUT2D eigenvalue weighted by Crippen LogP contribution is -2.50. The van der Waals surface area contributed by atoms with Crippen molar-refractivity contribution in [3.05, 3.63) is 57.5 Å². The monoisotopic (exact) mass is 376 g/mol. The molecule has 1 aromatic heterocycles. The third-order valence-electron chi connectivity index (χ3n) is 4.64. The second-order valence-corrected chi connectivity index (χ2v) is 6.83.